The highest BCUT2D eigenvalue weighted by Crippen LogP contribution is 2.31. The predicted molar refractivity (Wildman–Crippen MR) is 147 cm³/mol. The molecule has 0 saturated carbocycles. The molecule has 0 amide bonds. The number of esters is 1. The number of carbonyl (C=O) groups is 1. The van der Waals surface area contributed by atoms with Gasteiger partial charge in [0.2, 0.25) is 0 Å². The van der Waals surface area contributed by atoms with Crippen LogP contribution in [0.15, 0.2) is 29.0 Å². The normalized spacial score (nSPS) is 12.2. The molecule has 2 heterocycles. The fourth-order valence-electron chi connectivity index (χ4n) is 4.36. The number of carbonyl (C=O) groups excluding carboxylic acids is 1. The van der Waals surface area contributed by atoms with Crippen LogP contribution in [0.25, 0.3) is 9.75 Å². The average Bonchev–Trinajstić information content (AvgIpc) is 3.53. The van der Waals surface area contributed by atoms with Crippen molar-refractivity contribution in [2.45, 2.75) is 117 Å². The lowest BCUT2D eigenvalue weighted by atomic mass is 9.94. The highest BCUT2D eigenvalue weighted by atomic mass is 32.1. The Morgan fingerprint density at radius 2 is 1.36 bits per heavy atom. The number of ether oxygens (including phenoxy) is 1. The molecule has 0 aliphatic carbocycles. The van der Waals surface area contributed by atoms with Crippen LogP contribution in [-0.4, -0.2) is 12.6 Å². The molecule has 0 radical (unpaired) electrons. The van der Waals surface area contributed by atoms with Gasteiger partial charge >= 0.3 is 5.97 Å². The third kappa shape index (κ3) is 12.2. The van der Waals surface area contributed by atoms with Crippen LogP contribution in [0.5, 0.6) is 0 Å². The van der Waals surface area contributed by atoms with E-state index >= 15 is 0 Å². The van der Waals surface area contributed by atoms with Gasteiger partial charge in [0.25, 0.3) is 0 Å². The topological polar surface area (TPSA) is 26.3 Å². The number of unbranched alkanes of at least 4 members (excludes halogenated alkanes) is 12. The van der Waals surface area contributed by atoms with E-state index in [0.717, 1.165) is 4.88 Å². The van der Waals surface area contributed by atoms with E-state index in [-0.39, 0.29) is 5.97 Å². The van der Waals surface area contributed by atoms with Crippen molar-refractivity contribution >= 4 is 28.6 Å². The maximum atomic E-state index is 12.7. The molecule has 4 heteroatoms. The van der Waals surface area contributed by atoms with Gasteiger partial charge in [0.15, 0.2) is 0 Å². The maximum absolute atomic E-state index is 12.7. The molecule has 0 aliphatic heterocycles. The smallest absolute Gasteiger partial charge is 0.339 e. The maximum Gasteiger partial charge on any atom is 0.339 e. The quantitative estimate of drug-likeness (QED) is 0.136. The van der Waals surface area contributed by atoms with E-state index in [0.29, 0.717) is 18.1 Å². The summed E-state index contributed by atoms with van der Waals surface area (Å²) in [6, 6.07) is 6.14. The third-order valence-electron chi connectivity index (χ3n) is 6.48. The second-order valence-electron chi connectivity index (χ2n) is 9.46. The summed E-state index contributed by atoms with van der Waals surface area (Å²) >= 11 is 3.34. The van der Waals surface area contributed by atoms with Gasteiger partial charge in [-0.05, 0) is 36.3 Å². The van der Waals surface area contributed by atoms with E-state index in [2.05, 4.69) is 31.4 Å². The van der Waals surface area contributed by atoms with Crippen molar-refractivity contribution in [3.8, 4) is 9.75 Å². The van der Waals surface area contributed by atoms with Gasteiger partial charge in [-0.3, -0.25) is 0 Å². The first-order valence-electron chi connectivity index (χ1n) is 13.5. The monoisotopic (exact) mass is 490 g/mol. The van der Waals surface area contributed by atoms with Crippen molar-refractivity contribution in [2.75, 3.05) is 6.61 Å². The first-order valence-corrected chi connectivity index (χ1v) is 15.3. The SMILES string of the molecule is CCCCCCCCCCC(CCCCCCCC)COC(=O)c1csc(-c2cccs2)c1. The Balaban J connectivity index is 1.72. The molecule has 2 aromatic heterocycles. The molecule has 0 saturated heterocycles. The van der Waals surface area contributed by atoms with Crippen molar-refractivity contribution in [3.05, 3.63) is 34.5 Å². The highest BCUT2D eigenvalue weighted by Gasteiger charge is 2.15. The van der Waals surface area contributed by atoms with E-state index in [1.807, 2.05) is 11.4 Å². The molecule has 0 aliphatic rings. The molecule has 0 spiro atoms. The van der Waals surface area contributed by atoms with Crippen molar-refractivity contribution in [1.29, 1.82) is 0 Å². The van der Waals surface area contributed by atoms with E-state index in [9.17, 15) is 4.79 Å². The summed E-state index contributed by atoms with van der Waals surface area (Å²) in [6.45, 7) is 5.12. The minimum atomic E-state index is -0.155. The Morgan fingerprint density at radius 1 is 0.788 bits per heavy atom. The molecule has 186 valence electrons. The van der Waals surface area contributed by atoms with Gasteiger partial charge in [0.1, 0.15) is 0 Å². The van der Waals surface area contributed by atoms with E-state index < -0.39 is 0 Å². The van der Waals surface area contributed by atoms with Gasteiger partial charge in [0, 0.05) is 15.1 Å². The fraction of sp³-hybridized carbons (Fsp3) is 0.690. The van der Waals surface area contributed by atoms with Crippen LogP contribution in [0.4, 0.5) is 0 Å². The van der Waals surface area contributed by atoms with Crippen molar-refractivity contribution in [3.63, 3.8) is 0 Å². The summed E-state index contributed by atoms with van der Waals surface area (Å²) < 4.78 is 5.81. The Kier molecular flexibility index (Phi) is 15.5. The summed E-state index contributed by atoms with van der Waals surface area (Å²) in [6.07, 6.45) is 21.1. The summed E-state index contributed by atoms with van der Waals surface area (Å²) in [7, 11) is 0. The molecule has 2 nitrogen and oxygen atoms in total. The molecule has 0 N–H and O–H groups in total. The second-order valence-corrected chi connectivity index (χ2v) is 11.3. The molecule has 33 heavy (non-hydrogen) atoms. The molecule has 0 bridgehead atoms. The largest absolute Gasteiger partial charge is 0.462 e. The minimum absolute atomic E-state index is 0.155. The molecule has 2 rings (SSSR count). The third-order valence-corrected chi connectivity index (χ3v) is 8.48. The molecular formula is C29H46O2S2. The Bertz CT molecular complexity index is 720. The molecule has 1 unspecified atom stereocenters. The van der Waals surface area contributed by atoms with Crippen LogP contribution in [0.1, 0.15) is 127 Å². The number of hydrogen-bond donors (Lipinski definition) is 0. The van der Waals surface area contributed by atoms with Crippen LogP contribution in [-0.2, 0) is 4.74 Å². The lowest BCUT2D eigenvalue weighted by Crippen LogP contribution is -2.14. The number of rotatable bonds is 20. The lowest BCUT2D eigenvalue weighted by Gasteiger charge is -2.17. The first kappa shape index (κ1) is 28.1. The lowest BCUT2D eigenvalue weighted by molar-refractivity contribution is 0.0422. The first-order chi connectivity index (χ1) is 16.2. The summed E-state index contributed by atoms with van der Waals surface area (Å²) in [4.78, 5) is 15.0. The number of thiophene rings is 2. The minimum Gasteiger partial charge on any atom is -0.462 e. The van der Waals surface area contributed by atoms with Gasteiger partial charge < -0.3 is 4.74 Å². The Labute approximate surface area is 211 Å². The molecule has 1 atom stereocenters. The zero-order valence-electron chi connectivity index (χ0n) is 21.1. The van der Waals surface area contributed by atoms with Crippen molar-refractivity contribution < 1.29 is 9.53 Å². The molecular weight excluding hydrogens is 444 g/mol. The van der Waals surface area contributed by atoms with Crippen molar-refractivity contribution in [1.82, 2.24) is 0 Å². The van der Waals surface area contributed by atoms with Gasteiger partial charge in [0.05, 0.1) is 12.2 Å². The summed E-state index contributed by atoms with van der Waals surface area (Å²) in [5.74, 6) is 0.355. The standard InChI is InChI=1S/C29H46O2S2/c1-3-5-7-9-11-12-14-16-19-25(18-15-13-10-8-6-4-2)23-31-29(30)26-22-28(33-24-26)27-20-17-21-32-27/h17,20-22,24-25H,3-16,18-19,23H2,1-2H3. The zero-order chi connectivity index (χ0) is 23.6. The Morgan fingerprint density at radius 3 is 1.91 bits per heavy atom. The van der Waals surface area contributed by atoms with Crippen LogP contribution in [0, 0.1) is 5.92 Å². The molecule has 2 aromatic rings. The summed E-state index contributed by atoms with van der Waals surface area (Å²) in [5.41, 5.74) is 0.703. The van der Waals surface area contributed by atoms with Crippen LogP contribution in [0.2, 0.25) is 0 Å². The van der Waals surface area contributed by atoms with Gasteiger partial charge in [-0.25, -0.2) is 4.79 Å². The molecule has 0 aromatic carbocycles. The predicted octanol–water partition coefficient (Wildman–Crippen LogP) is 10.5. The van der Waals surface area contributed by atoms with Crippen molar-refractivity contribution in [2.24, 2.45) is 5.92 Å². The van der Waals surface area contributed by atoms with E-state index in [1.54, 1.807) is 22.7 Å². The highest BCUT2D eigenvalue weighted by molar-refractivity contribution is 7.20. The summed E-state index contributed by atoms with van der Waals surface area (Å²) in [5, 5.41) is 4.02. The van der Waals surface area contributed by atoms with Crippen LogP contribution in [0.3, 0.4) is 0 Å². The van der Waals surface area contributed by atoms with Gasteiger partial charge in [-0.1, -0.05) is 110 Å². The van der Waals surface area contributed by atoms with Crippen LogP contribution >= 0.6 is 22.7 Å². The number of hydrogen-bond acceptors (Lipinski definition) is 4. The van der Waals surface area contributed by atoms with E-state index in [1.165, 1.54) is 108 Å². The second kappa shape index (κ2) is 18.2. The van der Waals surface area contributed by atoms with Crippen LogP contribution < -0.4 is 0 Å². The molecule has 0 fully saturated rings. The van der Waals surface area contributed by atoms with Gasteiger partial charge in [-0.2, -0.15) is 0 Å². The van der Waals surface area contributed by atoms with E-state index in [4.69, 9.17) is 4.74 Å². The zero-order valence-corrected chi connectivity index (χ0v) is 22.8. The average molecular weight is 491 g/mol. The fourth-order valence-corrected chi connectivity index (χ4v) is 6.08. The van der Waals surface area contributed by atoms with Gasteiger partial charge in [-0.15, -0.1) is 22.7 Å². The Hall–Kier alpha value is -1.13.